The third kappa shape index (κ3) is 3.24. The van der Waals surface area contributed by atoms with Crippen LogP contribution in [0.3, 0.4) is 0 Å². The van der Waals surface area contributed by atoms with Crippen molar-refractivity contribution in [3.63, 3.8) is 0 Å². The second-order valence-electron chi connectivity index (χ2n) is 3.48. The highest BCUT2D eigenvalue weighted by molar-refractivity contribution is 8.01. The molecule has 0 aliphatic carbocycles. The summed E-state index contributed by atoms with van der Waals surface area (Å²) >= 11 is 2.20. The second kappa shape index (κ2) is 6.21. The van der Waals surface area contributed by atoms with Gasteiger partial charge in [0.2, 0.25) is 0 Å². The van der Waals surface area contributed by atoms with Crippen LogP contribution >= 0.6 is 23.1 Å². The number of benzene rings is 1. The lowest BCUT2D eigenvalue weighted by Crippen LogP contribution is -2.12. The molecular formula is C11H11F2N3S2. The largest absolute Gasteiger partial charge is 0.313 e. The van der Waals surface area contributed by atoms with Crippen LogP contribution < -0.4 is 5.32 Å². The van der Waals surface area contributed by atoms with Gasteiger partial charge >= 0.3 is 0 Å². The smallest absolute Gasteiger partial charge is 0.179 e. The maximum absolute atomic E-state index is 13.8. The van der Waals surface area contributed by atoms with Crippen LogP contribution in [0.15, 0.2) is 26.9 Å². The van der Waals surface area contributed by atoms with Crippen molar-refractivity contribution in [2.75, 3.05) is 6.54 Å². The van der Waals surface area contributed by atoms with Gasteiger partial charge in [-0.2, -0.15) is 0 Å². The Morgan fingerprint density at radius 1 is 1.33 bits per heavy atom. The highest BCUT2D eigenvalue weighted by Gasteiger charge is 2.14. The zero-order valence-electron chi connectivity index (χ0n) is 9.61. The number of nitrogens with one attached hydrogen (secondary N) is 1. The molecule has 18 heavy (non-hydrogen) atoms. The van der Waals surface area contributed by atoms with E-state index in [1.165, 1.54) is 29.0 Å². The Morgan fingerprint density at radius 3 is 2.61 bits per heavy atom. The molecule has 0 fully saturated rings. The Morgan fingerprint density at radius 2 is 2.06 bits per heavy atom. The summed E-state index contributed by atoms with van der Waals surface area (Å²) in [6, 6.07) is 2.68. The van der Waals surface area contributed by atoms with Crippen LogP contribution in [0.2, 0.25) is 0 Å². The molecule has 0 aliphatic heterocycles. The summed E-state index contributed by atoms with van der Waals surface area (Å²) in [5, 5.41) is 10.4. The van der Waals surface area contributed by atoms with Gasteiger partial charge in [0.25, 0.3) is 0 Å². The maximum atomic E-state index is 13.8. The van der Waals surface area contributed by atoms with Gasteiger partial charge in [0.05, 0.1) is 4.90 Å². The Kier molecular flexibility index (Phi) is 4.62. The molecule has 3 nitrogen and oxygen atoms in total. The molecule has 0 radical (unpaired) electrons. The summed E-state index contributed by atoms with van der Waals surface area (Å²) in [6.07, 6.45) is 0. The van der Waals surface area contributed by atoms with Gasteiger partial charge in [-0.05, 0) is 24.2 Å². The molecule has 0 saturated carbocycles. The quantitative estimate of drug-likeness (QED) is 0.917. The minimum Gasteiger partial charge on any atom is -0.313 e. The van der Waals surface area contributed by atoms with Crippen LogP contribution in [0, 0.1) is 11.6 Å². The Bertz CT molecular complexity index is 494. The average Bonchev–Trinajstić information content (AvgIpc) is 2.84. The van der Waals surface area contributed by atoms with Crippen LogP contribution in [-0.4, -0.2) is 16.7 Å². The number of nitrogens with zero attached hydrogens (tertiary/aromatic N) is 2. The zero-order chi connectivity index (χ0) is 13.0. The summed E-state index contributed by atoms with van der Waals surface area (Å²) in [5.74, 6) is -1.13. The van der Waals surface area contributed by atoms with Crippen molar-refractivity contribution in [3.05, 3.63) is 34.8 Å². The highest BCUT2D eigenvalue weighted by Crippen LogP contribution is 2.33. The van der Waals surface area contributed by atoms with E-state index in [0.29, 0.717) is 16.4 Å². The van der Waals surface area contributed by atoms with E-state index in [1.807, 2.05) is 6.92 Å². The van der Waals surface area contributed by atoms with E-state index in [0.717, 1.165) is 18.3 Å². The van der Waals surface area contributed by atoms with E-state index in [1.54, 1.807) is 0 Å². The Hall–Kier alpha value is -1.05. The fourth-order valence-corrected chi connectivity index (χ4v) is 2.80. The summed E-state index contributed by atoms with van der Waals surface area (Å²) < 4.78 is 28.1. The third-order valence-corrected chi connectivity index (χ3v) is 4.04. The van der Waals surface area contributed by atoms with Crippen LogP contribution in [0.1, 0.15) is 12.5 Å². The van der Waals surface area contributed by atoms with Crippen LogP contribution in [0.25, 0.3) is 0 Å². The fraction of sp³-hybridized carbons (Fsp3) is 0.273. The van der Waals surface area contributed by atoms with Crippen molar-refractivity contribution >= 4 is 23.1 Å². The van der Waals surface area contributed by atoms with E-state index in [9.17, 15) is 8.78 Å². The second-order valence-corrected chi connectivity index (χ2v) is 5.57. The molecule has 1 aromatic carbocycles. The summed E-state index contributed by atoms with van der Waals surface area (Å²) in [4.78, 5) is -0.0352. The van der Waals surface area contributed by atoms with Crippen molar-refractivity contribution in [1.82, 2.24) is 15.5 Å². The van der Waals surface area contributed by atoms with Gasteiger partial charge in [-0.1, -0.05) is 30.0 Å². The van der Waals surface area contributed by atoms with E-state index < -0.39 is 11.6 Å². The molecule has 0 saturated heterocycles. The molecule has 0 bridgehead atoms. The van der Waals surface area contributed by atoms with Crippen LogP contribution in [0.4, 0.5) is 8.78 Å². The average molecular weight is 287 g/mol. The number of hydrogen-bond acceptors (Lipinski definition) is 5. The topological polar surface area (TPSA) is 37.8 Å². The normalized spacial score (nSPS) is 10.8. The minimum atomic E-state index is -0.567. The molecule has 0 aliphatic rings. The molecule has 7 heteroatoms. The molecule has 2 rings (SSSR count). The first kappa shape index (κ1) is 13.4. The number of aromatic nitrogens is 2. The summed E-state index contributed by atoms with van der Waals surface area (Å²) in [6.45, 7) is 3.14. The molecule has 1 N–H and O–H groups in total. The first-order valence-corrected chi connectivity index (χ1v) is 7.03. The fourth-order valence-electron chi connectivity index (χ4n) is 1.38. The van der Waals surface area contributed by atoms with Crippen LogP contribution in [-0.2, 0) is 6.54 Å². The van der Waals surface area contributed by atoms with Gasteiger partial charge < -0.3 is 5.32 Å². The third-order valence-electron chi connectivity index (χ3n) is 2.17. The standard InChI is InChI=1S/C11H11F2N3S2/c1-2-14-5-7-3-8(12)10(9(13)4-7)18-11-16-15-6-17-11/h3-4,6,14H,2,5H2,1H3. The molecule has 96 valence electrons. The van der Waals surface area contributed by atoms with Gasteiger partial charge in [0.1, 0.15) is 17.1 Å². The molecule has 1 aromatic heterocycles. The summed E-state index contributed by atoms with van der Waals surface area (Å²) in [7, 11) is 0. The number of hydrogen-bond donors (Lipinski definition) is 1. The van der Waals surface area contributed by atoms with E-state index in [-0.39, 0.29) is 4.90 Å². The van der Waals surface area contributed by atoms with Crippen molar-refractivity contribution in [3.8, 4) is 0 Å². The molecule has 0 spiro atoms. The van der Waals surface area contributed by atoms with E-state index in [4.69, 9.17) is 0 Å². The Labute approximate surface area is 112 Å². The van der Waals surface area contributed by atoms with E-state index in [2.05, 4.69) is 15.5 Å². The van der Waals surface area contributed by atoms with Gasteiger partial charge in [0.15, 0.2) is 4.34 Å². The molecule has 0 amide bonds. The van der Waals surface area contributed by atoms with Crippen molar-refractivity contribution in [2.45, 2.75) is 22.7 Å². The lowest BCUT2D eigenvalue weighted by molar-refractivity contribution is 0.535. The first-order valence-electron chi connectivity index (χ1n) is 5.33. The summed E-state index contributed by atoms with van der Waals surface area (Å²) in [5.41, 5.74) is 2.12. The van der Waals surface area contributed by atoms with Crippen molar-refractivity contribution < 1.29 is 8.78 Å². The first-order chi connectivity index (χ1) is 8.70. The van der Waals surface area contributed by atoms with Crippen molar-refractivity contribution in [1.29, 1.82) is 0 Å². The number of halogens is 2. The maximum Gasteiger partial charge on any atom is 0.179 e. The lowest BCUT2D eigenvalue weighted by atomic mass is 10.2. The van der Waals surface area contributed by atoms with E-state index >= 15 is 0 Å². The van der Waals surface area contributed by atoms with Gasteiger partial charge in [-0.3, -0.25) is 0 Å². The van der Waals surface area contributed by atoms with Gasteiger partial charge in [-0.25, -0.2) is 8.78 Å². The highest BCUT2D eigenvalue weighted by atomic mass is 32.2. The molecule has 2 aromatic rings. The Balaban J connectivity index is 2.21. The lowest BCUT2D eigenvalue weighted by Gasteiger charge is -2.06. The zero-order valence-corrected chi connectivity index (χ0v) is 11.2. The predicted octanol–water partition coefficient (Wildman–Crippen LogP) is 3.08. The predicted molar refractivity (Wildman–Crippen MR) is 67.8 cm³/mol. The SMILES string of the molecule is CCNCc1cc(F)c(Sc2nncs2)c(F)c1. The van der Waals surface area contributed by atoms with Crippen LogP contribution in [0.5, 0.6) is 0 Å². The minimum absolute atomic E-state index is 0.0352. The van der Waals surface area contributed by atoms with Crippen molar-refractivity contribution in [2.24, 2.45) is 0 Å². The monoisotopic (exact) mass is 287 g/mol. The molecule has 1 heterocycles. The molecule has 0 unspecified atom stereocenters. The van der Waals surface area contributed by atoms with Gasteiger partial charge in [0, 0.05) is 6.54 Å². The molecule has 0 atom stereocenters. The number of rotatable bonds is 5. The van der Waals surface area contributed by atoms with Gasteiger partial charge in [-0.15, -0.1) is 10.2 Å². The molecular weight excluding hydrogens is 276 g/mol.